The van der Waals surface area contributed by atoms with Crippen LogP contribution in [0.5, 0.6) is 0 Å². The summed E-state index contributed by atoms with van der Waals surface area (Å²) in [4.78, 5) is 23.8. The van der Waals surface area contributed by atoms with Gasteiger partial charge in [-0.3, -0.25) is 9.59 Å². The highest BCUT2D eigenvalue weighted by atomic mass is 16.5. The largest absolute Gasteiger partial charge is 0.480 e. The first-order chi connectivity index (χ1) is 8.02. The van der Waals surface area contributed by atoms with Crippen molar-refractivity contribution in [2.75, 3.05) is 19.8 Å². The van der Waals surface area contributed by atoms with Crippen molar-refractivity contribution in [3.63, 3.8) is 0 Å². The normalized spacial score (nSPS) is 12.2. The molecule has 0 heterocycles. The minimum absolute atomic E-state index is 0.0301. The lowest BCUT2D eigenvalue weighted by Gasteiger charge is -2.26. The van der Waals surface area contributed by atoms with Crippen molar-refractivity contribution in [2.45, 2.75) is 46.1 Å². The molecule has 0 aromatic carbocycles. The number of hydrogen-bond donors (Lipinski definition) is 1. The maximum Gasteiger partial charge on any atom is 0.323 e. The molecule has 1 unspecified atom stereocenters. The van der Waals surface area contributed by atoms with Crippen LogP contribution in [0.3, 0.4) is 0 Å². The van der Waals surface area contributed by atoms with E-state index < -0.39 is 5.97 Å². The van der Waals surface area contributed by atoms with Crippen LogP contribution in [0, 0.1) is 0 Å². The van der Waals surface area contributed by atoms with Crippen LogP contribution in [-0.4, -0.2) is 47.7 Å². The molecule has 1 atom stereocenters. The van der Waals surface area contributed by atoms with Gasteiger partial charge in [0.05, 0.1) is 0 Å². The number of unbranched alkanes of at least 4 members (excludes halogenated alkanes) is 1. The van der Waals surface area contributed by atoms with Crippen LogP contribution in [-0.2, 0) is 14.3 Å². The van der Waals surface area contributed by atoms with E-state index in [4.69, 9.17) is 9.84 Å². The maximum atomic E-state index is 11.8. The first-order valence-electron chi connectivity index (χ1n) is 6.11. The van der Waals surface area contributed by atoms with Crippen molar-refractivity contribution in [2.24, 2.45) is 0 Å². The fraction of sp³-hybridized carbons (Fsp3) is 0.833. The van der Waals surface area contributed by atoms with Crippen LogP contribution in [0.25, 0.3) is 0 Å². The molecule has 17 heavy (non-hydrogen) atoms. The predicted molar refractivity (Wildman–Crippen MR) is 64.8 cm³/mol. The summed E-state index contributed by atoms with van der Waals surface area (Å²) < 4.78 is 5.21. The van der Waals surface area contributed by atoms with Gasteiger partial charge in [0.15, 0.2) is 0 Å². The lowest BCUT2D eigenvalue weighted by atomic mass is 10.2. The number of carboxylic acids is 1. The van der Waals surface area contributed by atoms with E-state index in [1.807, 2.05) is 20.8 Å². The standard InChI is InChI=1S/C12H23NO4/c1-4-6-7-17-9-11(14)13(8-12(15)16)10(3)5-2/h10H,4-9H2,1-3H3,(H,15,16). The zero-order chi connectivity index (χ0) is 13.3. The molecule has 0 aliphatic heterocycles. The van der Waals surface area contributed by atoms with Gasteiger partial charge in [-0.1, -0.05) is 20.3 Å². The molecule has 0 fully saturated rings. The van der Waals surface area contributed by atoms with Crippen molar-refractivity contribution in [3.05, 3.63) is 0 Å². The van der Waals surface area contributed by atoms with Crippen LogP contribution in [0.4, 0.5) is 0 Å². The minimum atomic E-state index is -0.993. The highest BCUT2D eigenvalue weighted by Crippen LogP contribution is 2.04. The summed E-state index contributed by atoms with van der Waals surface area (Å²) in [5.41, 5.74) is 0. The van der Waals surface area contributed by atoms with Crippen molar-refractivity contribution >= 4 is 11.9 Å². The molecule has 5 heteroatoms. The Hall–Kier alpha value is -1.10. The molecule has 0 rings (SSSR count). The summed E-state index contributed by atoms with van der Waals surface area (Å²) in [7, 11) is 0. The Bertz CT molecular complexity index is 243. The van der Waals surface area contributed by atoms with Crippen LogP contribution < -0.4 is 0 Å². The van der Waals surface area contributed by atoms with Gasteiger partial charge in [-0.05, 0) is 19.8 Å². The molecule has 5 nitrogen and oxygen atoms in total. The number of aliphatic carboxylic acids is 1. The molecule has 0 spiro atoms. The van der Waals surface area contributed by atoms with E-state index in [0.717, 1.165) is 19.3 Å². The topological polar surface area (TPSA) is 66.8 Å². The number of ether oxygens (including phenoxy) is 1. The lowest BCUT2D eigenvalue weighted by molar-refractivity contribution is -0.148. The average Bonchev–Trinajstić information content (AvgIpc) is 2.30. The predicted octanol–water partition coefficient (Wildman–Crippen LogP) is 1.51. The summed E-state index contributed by atoms with van der Waals surface area (Å²) in [5.74, 6) is -1.25. The molecule has 1 N–H and O–H groups in total. The number of carboxylic acid groups (broad SMARTS) is 1. The average molecular weight is 245 g/mol. The summed E-state index contributed by atoms with van der Waals surface area (Å²) in [6, 6.07) is -0.0756. The van der Waals surface area contributed by atoms with Crippen molar-refractivity contribution in [3.8, 4) is 0 Å². The SMILES string of the molecule is CCCCOCC(=O)N(CC(=O)O)C(C)CC. The molecule has 0 bridgehead atoms. The lowest BCUT2D eigenvalue weighted by Crippen LogP contribution is -2.43. The fourth-order valence-electron chi connectivity index (χ4n) is 1.34. The van der Waals surface area contributed by atoms with Crippen LogP contribution in [0.2, 0.25) is 0 Å². The minimum Gasteiger partial charge on any atom is -0.480 e. The van der Waals surface area contributed by atoms with Gasteiger partial charge >= 0.3 is 5.97 Å². The highest BCUT2D eigenvalue weighted by molar-refractivity contribution is 5.82. The Kier molecular flexibility index (Phi) is 8.40. The van der Waals surface area contributed by atoms with Crippen LogP contribution in [0.15, 0.2) is 0 Å². The Balaban J connectivity index is 4.18. The van der Waals surface area contributed by atoms with E-state index in [0.29, 0.717) is 6.61 Å². The molecule has 0 aromatic heterocycles. The zero-order valence-corrected chi connectivity index (χ0v) is 10.9. The van der Waals surface area contributed by atoms with Crippen LogP contribution >= 0.6 is 0 Å². The zero-order valence-electron chi connectivity index (χ0n) is 10.9. The molecular formula is C12H23NO4. The van der Waals surface area contributed by atoms with Crippen molar-refractivity contribution < 1.29 is 19.4 Å². The Labute approximate surface area is 103 Å². The molecule has 0 aliphatic carbocycles. The number of nitrogens with zero attached hydrogens (tertiary/aromatic N) is 1. The van der Waals surface area contributed by atoms with Gasteiger partial charge < -0.3 is 14.7 Å². The summed E-state index contributed by atoms with van der Waals surface area (Å²) in [6.45, 7) is 6.06. The number of hydrogen-bond acceptors (Lipinski definition) is 3. The van der Waals surface area contributed by atoms with E-state index in [1.54, 1.807) is 0 Å². The van der Waals surface area contributed by atoms with Crippen molar-refractivity contribution in [1.29, 1.82) is 0 Å². The second-order valence-electron chi connectivity index (χ2n) is 4.08. The fourth-order valence-corrected chi connectivity index (χ4v) is 1.34. The number of amides is 1. The first-order valence-corrected chi connectivity index (χ1v) is 6.11. The number of rotatable bonds is 9. The molecule has 0 saturated carbocycles. The Morgan fingerprint density at radius 1 is 1.35 bits per heavy atom. The third-order valence-electron chi connectivity index (χ3n) is 2.62. The molecule has 0 aliphatic rings. The van der Waals surface area contributed by atoms with Gasteiger partial charge in [-0.25, -0.2) is 0 Å². The number of carbonyl (C=O) groups excluding carboxylic acids is 1. The second kappa shape index (κ2) is 8.98. The summed E-state index contributed by atoms with van der Waals surface area (Å²) in [5, 5.41) is 8.75. The highest BCUT2D eigenvalue weighted by Gasteiger charge is 2.21. The molecule has 100 valence electrons. The molecular weight excluding hydrogens is 222 g/mol. The van der Waals surface area contributed by atoms with Gasteiger partial charge in [0.1, 0.15) is 13.2 Å². The quantitative estimate of drug-likeness (QED) is 0.625. The third-order valence-corrected chi connectivity index (χ3v) is 2.62. The first kappa shape index (κ1) is 15.9. The Morgan fingerprint density at radius 3 is 2.47 bits per heavy atom. The maximum absolute atomic E-state index is 11.8. The number of carbonyl (C=O) groups is 2. The molecule has 0 radical (unpaired) electrons. The van der Waals surface area contributed by atoms with E-state index >= 15 is 0 Å². The van der Waals surface area contributed by atoms with E-state index in [1.165, 1.54) is 4.90 Å². The molecule has 0 saturated heterocycles. The molecule has 1 amide bonds. The smallest absolute Gasteiger partial charge is 0.323 e. The summed E-state index contributed by atoms with van der Waals surface area (Å²) >= 11 is 0. The van der Waals surface area contributed by atoms with E-state index in [2.05, 4.69) is 0 Å². The van der Waals surface area contributed by atoms with Crippen LogP contribution in [0.1, 0.15) is 40.0 Å². The van der Waals surface area contributed by atoms with Crippen molar-refractivity contribution in [1.82, 2.24) is 4.90 Å². The van der Waals surface area contributed by atoms with Gasteiger partial charge in [0.2, 0.25) is 5.91 Å². The van der Waals surface area contributed by atoms with E-state index in [9.17, 15) is 9.59 Å². The summed E-state index contributed by atoms with van der Waals surface area (Å²) in [6.07, 6.45) is 2.65. The van der Waals surface area contributed by atoms with Gasteiger partial charge in [-0.2, -0.15) is 0 Å². The third kappa shape index (κ3) is 6.94. The van der Waals surface area contributed by atoms with Gasteiger partial charge in [0.25, 0.3) is 0 Å². The van der Waals surface area contributed by atoms with E-state index in [-0.39, 0.29) is 25.1 Å². The van der Waals surface area contributed by atoms with Gasteiger partial charge in [-0.15, -0.1) is 0 Å². The molecule has 0 aromatic rings. The Morgan fingerprint density at radius 2 is 2.00 bits per heavy atom. The second-order valence-corrected chi connectivity index (χ2v) is 4.08. The van der Waals surface area contributed by atoms with Gasteiger partial charge in [0, 0.05) is 12.6 Å². The monoisotopic (exact) mass is 245 g/mol.